The first-order chi connectivity index (χ1) is 8.63. The average Bonchev–Trinajstić information content (AvgIpc) is 2.39. The summed E-state index contributed by atoms with van der Waals surface area (Å²) >= 11 is 0. The van der Waals surface area contributed by atoms with Gasteiger partial charge in [0.15, 0.2) is 0 Å². The molecule has 18 heavy (non-hydrogen) atoms. The molecule has 0 bridgehead atoms. The molecule has 1 aliphatic heterocycles. The number of rotatable bonds is 3. The van der Waals surface area contributed by atoms with Crippen molar-refractivity contribution in [2.24, 2.45) is 0 Å². The van der Waals surface area contributed by atoms with Crippen molar-refractivity contribution in [3.05, 3.63) is 35.9 Å². The first kappa shape index (κ1) is 13.1. The van der Waals surface area contributed by atoms with Crippen LogP contribution in [0.4, 0.5) is 0 Å². The monoisotopic (exact) mass is 264 g/mol. The average molecular weight is 264 g/mol. The SMILES string of the molecule is N#CC1CCCCN1S(=O)(=O)Cc1ccccc1. The van der Waals surface area contributed by atoms with Gasteiger partial charge in [0.05, 0.1) is 11.8 Å². The molecule has 1 heterocycles. The van der Waals surface area contributed by atoms with Gasteiger partial charge in [-0.25, -0.2) is 8.42 Å². The molecule has 0 aliphatic carbocycles. The third-order valence-electron chi connectivity index (χ3n) is 3.15. The first-order valence-electron chi connectivity index (χ1n) is 6.06. The van der Waals surface area contributed by atoms with E-state index in [1.165, 1.54) is 4.31 Å². The predicted octanol–water partition coefficient (Wildman–Crippen LogP) is 1.89. The minimum Gasteiger partial charge on any atom is -0.212 e. The van der Waals surface area contributed by atoms with E-state index in [1.54, 1.807) is 12.1 Å². The van der Waals surface area contributed by atoms with Crippen LogP contribution in [-0.2, 0) is 15.8 Å². The van der Waals surface area contributed by atoms with Crippen LogP contribution in [0.15, 0.2) is 30.3 Å². The zero-order chi connectivity index (χ0) is 13.0. The topological polar surface area (TPSA) is 61.2 Å². The standard InChI is InChI=1S/C13H16N2O2S/c14-10-13-8-4-5-9-15(13)18(16,17)11-12-6-2-1-3-7-12/h1-3,6-7,13H,4-5,8-9,11H2. The van der Waals surface area contributed by atoms with Crippen LogP contribution in [0.5, 0.6) is 0 Å². The molecule has 1 saturated heterocycles. The fraction of sp³-hybridized carbons (Fsp3) is 0.462. The van der Waals surface area contributed by atoms with Gasteiger partial charge in [-0.15, -0.1) is 0 Å². The summed E-state index contributed by atoms with van der Waals surface area (Å²) in [6, 6.07) is 10.7. The number of nitrogens with zero attached hydrogens (tertiary/aromatic N) is 2. The van der Waals surface area contributed by atoms with Crippen LogP contribution >= 0.6 is 0 Å². The maximum Gasteiger partial charge on any atom is 0.219 e. The summed E-state index contributed by atoms with van der Waals surface area (Å²) in [5.41, 5.74) is 0.764. The van der Waals surface area contributed by atoms with Gasteiger partial charge >= 0.3 is 0 Å². The molecule has 1 fully saturated rings. The van der Waals surface area contributed by atoms with Crippen molar-refractivity contribution < 1.29 is 8.42 Å². The van der Waals surface area contributed by atoms with Crippen LogP contribution in [0.2, 0.25) is 0 Å². The lowest BCUT2D eigenvalue weighted by molar-refractivity contribution is 0.296. The molecule has 4 nitrogen and oxygen atoms in total. The normalized spacial score (nSPS) is 21.4. The summed E-state index contributed by atoms with van der Waals surface area (Å²) in [5, 5.41) is 9.03. The van der Waals surface area contributed by atoms with E-state index in [0.717, 1.165) is 18.4 Å². The Morgan fingerprint density at radius 3 is 2.67 bits per heavy atom. The summed E-state index contributed by atoms with van der Waals surface area (Å²) in [7, 11) is -3.39. The molecule has 2 rings (SSSR count). The molecular formula is C13H16N2O2S. The van der Waals surface area contributed by atoms with Gasteiger partial charge in [0, 0.05) is 6.54 Å². The van der Waals surface area contributed by atoms with E-state index in [-0.39, 0.29) is 5.75 Å². The highest BCUT2D eigenvalue weighted by Crippen LogP contribution is 2.22. The van der Waals surface area contributed by atoms with Crippen LogP contribution in [0, 0.1) is 11.3 Å². The molecule has 1 unspecified atom stereocenters. The molecule has 0 radical (unpaired) electrons. The van der Waals surface area contributed by atoms with Gasteiger partial charge in [0.2, 0.25) is 10.0 Å². The number of hydrogen-bond acceptors (Lipinski definition) is 3. The minimum atomic E-state index is -3.39. The number of nitriles is 1. The maximum absolute atomic E-state index is 12.3. The van der Waals surface area contributed by atoms with E-state index < -0.39 is 16.1 Å². The van der Waals surface area contributed by atoms with Crippen LogP contribution in [-0.4, -0.2) is 25.3 Å². The number of benzene rings is 1. The van der Waals surface area contributed by atoms with Gasteiger partial charge in [-0.3, -0.25) is 0 Å². The van der Waals surface area contributed by atoms with Gasteiger partial charge in [0.25, 0.3) is 0 Å². The Hall–Kier alpha value is -1.38. The lowest BCUT2D eigenvalue weighted by Crippen LogP contribution is -2.43. The van der Waals surface area contributed by atoms with Crippen molar-refractivity contribution in [1.82, 2.24) is 4.31 Å². The van der Waals surface area contributed by atoms with Crippen molar-refractivity contribution in [2.75, 3.05) is 6.54 Å². The van der Waals surface area contributed by atoms with Gasteiger partial charge < -0.3 is 0 Å². The van der Waals surface area contributed by atoms with Crippen molar-refractivity contribution in [1.29, 1.82) is 5.26 Å². The molecule has 1 atom stereocenters. The molecule has 0 amide bonds. The Bertz CT molecular complexity index is 534. The first-order valence-corrected chi connectivity index (χ1v) is 7.67. The third-order valence-corrected chi connectivity index (χ3v) is 5.00. The van der Waals surface area contributed by atoms with E-state index in [9.17, 15) is 8.42 Å². The van der Waals surface area contributed by atoms with E-state index >= 15 is 0 Å². The summed E-state index contributed by atoms with van der Waals surface area (Å²) < 4.78 is 26.0. The van der Waals surface area contributed by atoms with Crippen LogP contribution in [0.25, 0.3) is 0 Å². The molecule has 1 aromatic carbocycles. The molecule has 5 heteroatoms. The van der Waals surface area contributed by atoms with E-state index in [1.807, 2.05) is 18.2 Å². The van der Waals surface area contributed by atoms with E-state index in [4.69, 9.17) is 5.26 Å². The molecule has 0 spiro atoms. The molecular weight excluding hydrogens is 248 g/mol. The number of sulfonamides is 1. The summed E-state index contributed by atoms with van der Waals surface area (Å²) in [5.74, 6) is -0.0218. The second kappa shape index (κ2) is 5.51. The van der Waals surface area contributed by atoms with Gasteiger partial charge in [0.1, 0.15) is 6.04 Å². The third kappa shape index (κ3) is 2.89. The van der Waals surface area contributed by atoms with Gasteiger partial charge in [-0.1, -0.05) is 30.3 Å². The summed E-state index contributed by atoms with van der Waals surface area (Å²) in [6.07, 6.45) is 2.41. The lowest BCUT2D eigenvalue weighted by atomic mass is 10.1. The van der Waals surface area contributed by atoms with Crippen molar-refractivity contribution in [3.63, 3.8) is 0 Å². The largest absolute Gasteiger partial charge is 0.219 e. The summed E-state index contributed by atoms with van der Waals surface area (Å²) in [4.78, 5) is 0. The Kier molecular flexibility index (Phi) is 4.00. The molecule has 96 valence electrons. The molecule has 1 aliphatic rings. The summed E-state index contributed by atoms with van der Waals surface area (Å²) in [6.45, 7) is 0.466. The van der Waals surface area contributed by atoms with Crippen molar-refractivity contribution in [3.8, 4) is 6.07 Å². The predicted molar refractivity (Wildman–Crippen MR) is 69.0 cm³/mol. The Labute approximate surface area is 108 Å². The van der Waals surface area contributed by atoms with Crippen molar-refractivity contribution in [2.45, 2.75) is 31.1 Å². The fourth-order valence-corrected chi connectivity index (χ4v) is 3.96. The lowest BCUT2D eigenvalue weighted by Gasteiger charge is -2.30. The highest BCUT2D eigenvalue weighted by Gasteiger charge is 2.32. The molecule has 0 saturated carbocycles. The number of piperidine rings is 1. The quantitative estimate of drug-likeness (QED) is 0.837. The zero-order valence-corrected chi connectivity index (χ0v) is 10.9. The van der Waals surface area contributed by atoms with Gasteiger partial charge in [-0.2, -0.15) is 9.57 Å². The maximum atomic E-state index is 12.3. The Balaban J connectivity index is 2.18. The second-order valence-electron chi connectivity index (χ2n) is 4.49. The molecule has 0 N–H and O–H groups in total. The number of hydrogen-bond donors (Lipinski definition) is 0. The van der Waals surface area contributed by atoms with Gasteiger partial charge in [-0.05, 0) is 24.8 Å². The molecule has 1 aromatic rings. The fourth-order valence-electron chi connectivity index (χ4n) is 2.23. The molecule has 0 aromatic heterocycles. The highest BCUT2D eigenvalue weighted by molar-refractivity contribution is 7.88. The minimum absolute atomic E-state index is 0.0218. The van der Waals surface area contributed by atoms with E-state index in [0.29, 0.717) is 13.0 Å². The zero-order valence-electron chi connectivity index (χ0n) is 10.1. The Morgan fingerprint density at radius 1 is 1.28 bits per heavy atom. The van der Waals surface area contributed by atoms with Crippen LogP contribution in [0.3, 0.4) is 0 Å². The highest BCUT2D eigenvalue weighted by atomic mass is 32.2. The smallest absolute Gasteiger partial charge is 0.212 e. The van der Waals surface area contributed by atoms with Crippen LogP contribution < -0.4 is 0 Å². The van der Waals surface area contributed by atoms with E-state index in [2.05, 4.69) is 6.07 Å². The van der Waals surface area contributed by atoms with Crippen molar-refractivity contribution >= 4 is 10.0 Å². The Morgan fingerprint density at radius 2 is 2.00 bits per heavy atom. The second-order valence-corrected chi connectivity index (χ2v) is 6.41. The van der Waals surface area contributed by atoms with Crippen LogP contribution in [0.1, 0.15) is 24.8 Å².